The average Bonchev–Trinajstić information content (AvgIpc) is 3.56. The quantitative estimate of drug-likeness (QED) is 0.525. The maximum absolute atomic E-state index is 7.45. The summed E-state index contributed by atoms with van der Waals surface area (Å²) in [6, 6.07) is 9.99. The molecule has 2 saturated heterocycles. The van der Waals surface area contributed by atoms with Crippen LogP contribution in [0.25, 0.3) is 10.8 Å². The zero-order chi connectivity index (χ0) is 21.8. The Labute approximate surface area is 196 Å². The number of hydrogen-bond acceptors (Lipinski definition) is 3. The number of fused-ring (bicyclic) bond motifs is 2. The number of ether oxygens (including phenoxy) is 1. The molecule has 3 nitrogen and oxygen atoms in total. The molecule has 2 saturated carbocycles. The molecule has 4 heterocycles. The third-order valence-electron chi connectivity index (χ3n) is 10.7. The standard InChI is InChI=1S/C30H34N2O/c1-28-10-8-24-17-23-4-5-25(32-14-15-32)18-29(23)11-12-30(24,33-29)27(28)7-6-26(28)21-3-2-20-9-13-31-19-22(20)16-21/h2-3,8-9,13,16-17,19,25-27H,4-7,10-12,14-15,18H2,1H3/t25?,26?,27-,28?,29-,30-/m1/s1. The summed E-state index contributed by atoms with van der Waals surface area (Å²) in [6.07, 6.45) is 19.2. The molecule has 1 aromatic heterocycles. The van der Waals surface area contributed by atoms with Crippen LogP contribution < -0.4 is 0 Å². The Morgan fingerprint density at radius 1 is 1.06 bits per heavy atom. The molecule has 3 aliphatic carbocycles. The zero-order valence-corrected chi connectivity index (χ0v) is 19.7. The fourth-order valence-corrected chi connectivity index (χ4v) is 8.98. The predicted molar refractivity (Wildman–Crippen MR) is 131 cm³/mol. The van der Waals surface area contributed by atoms with E-state index in [0.717, 1.165) is 6.04 Å². The Morgan fingerprint density at radius 3 is 2.91 bits per heavy atom. The first-order valence-electron chi connectivity index (χ1n) is 13.3. The summed E-state index contributed by atoms with van der Waals surface area (Å²) in [5.74, 6) is 1.22. The third-order valence-corrected chi connectivity index (χ3v) is 10.7. The van der Waals surface area contributed by atoms with Crippen molar-refractivity contribution in [3.8, 4) is 0 Å². The van der Waals surface area contributed by atoms with E-state index in [9.17, 15) is 0 Å². The van der Waals surface area contributed by atoms with E-state index in [2.05, 4.69) is 53.2 Å². The van der Waals surface area contributed by atoms with Gasteiger partial charge in [0.15, 0.2) is 0 Å². The minimum atomic E-state index is -0.0373. The van der Waals surface area contributed by atoms with Crippen LogP contribution in [0.2, 0.25) is 0 Å². The molecule has 3 unspecified atom stereocenters. The van der Waals surface area contributed by atoms with Gasteiger partial charge in [0, 0.05) is 36.9 Å². The molecule has 6 atom stereocenters. The summed E-state index contributed by atoms with van der Waals surface area (Å²) in [4.78, 5) is 7.06. The van der Waals surface area contributed by atoms with Gasteiger partial charge in [-0.05, 0) is 103 Å². The zero-order valence-electron chi connectivity index (χ0n) is 19.7. The molecule has 2 aromatic rings. The highest BCUT2D eigenvalue weighted by Gasteiger charge is 2.66. The number of nitrogens with zero attached hydrogens (tertiary/aromatic N) is 2. The van der Waals surface area contributed by atoms with Gasteiger partial charge in [0.25, 0.3) is 0 Å². The second-order valence-corrected chi connectivity index (χ2v) is 12.1. The van der Waals surface area contributed by atoms with Gasteiger partial charge in [-0.2, -0.15) is 0 Å². The first kappa shape index (κ1) is 19.3. The van der Waals surface area contributed by atoms with Crippen LogP contribution in [0.1, 0.15) is 69.8 Å². The van der Waals surface area contributed by atoms with Crippen molar-refractivity contribution in [3.63, 3.8) is 0 Å². The molecule has 4 fully saturated rings. The highest BCUT2D eigenvalue weighted by Crippen LogP contribution is 2.69. The number of allylic oxidation sites excluding steroid dienone is 1. The maximum Gasteiger partial charge on any atom is 0.0974 e. The van der Waals surface area contributed by atoms with Crippen LogP contribution in [0.15, 0.2) is 60.0 Å². The summed E-state index contributed by atoms with van der Waals surface area (Å²) < 4.78 is 7.45. The monoisotopic (exact) mass is 438 g/mol. The van der Waals surface area contributed by atoms with Crippen LogP contribution in [-0.2, 0) is 4.74 Å². The lowest BCUT2D eigenvalue weighted by Gasteiger charge is -2.54. The Kier molecular flexibility index (Phi) is 3.73. The van der Waals surface area contributed by atoms with E-state index in [-0.39, 0.29) is 16.6 Å². The maximum atomic E-state index is 7.45. The molecule has 33 heavy (non-hydrogen) atoms. The van der Waals surface area contributed by atoms with Crippen LogP contribution in [0.4, 0.5) is 0 Å². The normalized spacial score (nSPS) is 43.5. The highest BCUT2D eigenvalue weighted by atomic mass is 16.5. The fraction of sp³-hybridized carbons (Fsp3) is 0.567. The third kappa shape index (κ3) is 2.51. The highest BCUT2D eigenvalue weighted by molar-refractivity contribution is 5.82. The van der Waals surface area contributed by atoms with Gasteiger partial charge in [0.1, 0.15) is 0 Å². The average molecular weight is 439 g/mol. The van der Waals surface area contributed by atoms with Crippen LogP contribution >= 0.6 is 0 Å². The number of aromatic nitrogens is 1. The van der Waals surface area contributed by atoms with Gasteiger partial charge in [-0.1, -0.05) is 31.2 Å². The summed E-state index contributed by atoms with van der Waals surface area (Å²) in [5, 5.41) is 2.57. The molecule has 6 aliphatic rings. The lowest BCUT2D eigenvalue weighted by molar-refractivity contribution is -0.138. The summed E-state index contributed by atoms with van der Waals surface area (Å²) >= 11 is 0. The van der Waals surface area contributed by atoms with Gasteiger partial charge in [0.2, 0.25) is 0 Å². The molecule has 0 N–H and O–H groups in total. The van der Waals surface area contributed by atoms with Gasteiger partial charge in [-0.3, -0.25) is 9.88 Å². The Bertz CT molecular complexity index is 1230. The van der Waals surface area contributed by atoms with Gasteiger partial charge in [-0.25, -0.2) is 0 Å². The molecule has 8 rings (SSSR count). The van der Waals surface area contributed by atoms with E-state index in [0.29, 0.717) is 11.8 Å². The van der Waals surface area contributed by atoms with Crippen molar-refractivity contribution >= 4 is 10.8 Å². The minimum absolute atomic E-state index is 0.0355. The molecule has 0 radical (unpaired) electrons. The number of pyridine rings is 1. The first-order chi connectivity index (χ1) is 16.1. The molecule has 2 spiro atoms. The van der Waals surface area contributed by atoms with Gasteiger partial charge >= 0.3 is 0 Å². The molecule has 1 aromatic carbocycles. The summed E-state index contributed by atoms with van der Waals surface area (Å²) in [6.45, 7) is 5.19. The van der Waals surface area contributed by atoms with Crippen LogP contribution in [-0.4, -0.2) is 40.2 Å². The predicted octanol–water partition coefficient (Wildman–Crippen LogP) is 6.16. The van der Waals surface area contributed by atoms with Crippen molar-refractivity contribution in [1.82, 2.24) is 9.88 Å². The van der Waals surface area contributed by atoms with Crippen molar-refractivity contribution in [2.75, 3.05) is 13.1 Å². The molecular weight excluding hydrogens is 404 g/mol. The van der Waals surface area contributed by atoms with Gasteiger partial charge in [-0.15, -0.1) is 0 Å². The lowest BCUT2D eigenvalue weighted by atomic mass is 9.58. The lowest BCUT2D eigenvalue weighted by Crippen LogP contribution is -2.54. The second-order valence-electron chi connectivity index (χ2n) is 12.1. The molecular formula is C30H34N2O. The SMILES string of the molecule is CC12CC=C3C=C4CCC(N5CC5)C[C@]45CC[C@]3(O5)[C@@H]1CCC2c1ccc2ccncc2c1. The van der Waals surface area contributed by atoms with Crippen molar-refractivity contribution in [1.29, 1.82) is 0 Å². The van der Waals surface area contributed by atoms with E-state index in [4.69, 9.17) is 4.74 Å². The van der Waals surface area contributed by atoms with E-state index >= 15 is 0 Å². The fourth-order valence-electron chi connectivity index (χ4n) is 8.98. The Balaban J connectivity index is 1.18. The van der Waals surface area contributed by atoms with Crippen LogP contribution in [0.3, 0.4) is 0 Å². The minimum Gasteiger partial charge on any atom is -0.359 e. The Hall–Kier alpha value is -1.97. The van der Waals surface area contributed by atoms with Crippen molar-refractivity contribution in [2.45, 2.75) is 81.5 Å². The van der Waals surface area contributed by atoms with Crippen molar-refractivity contribution in [3.05, 3.63) is 65.5 Å². The van der Waals surface area contributed by atoms with Crippen LogP contribution in [0, 0.1) is 11.3 Å². The topological polar surface area (TPSA) is 25.1 Å². The number of hydrogen-bond donors (Lipinski definition) is 0. The molecule has 170 valence electrons. The second kappa shape index (κ2) is 6.37. The molecule has 3 aliphatic heterocycles. The molecule has 3 heteroatoms. The largest absolute Gasteiger partial charge is 0.359 e. The van der Waals surface area contributed by atoms with E-state index in [1.165, 1.54) is 80.8 Å². The van der Waals surface area contributed by atoms with Crippen LogP contribution in [0.5, 0.6) is 0 Å². The van der Waals surface area contributed by atoms with Crippen molar-refractivity contribution < 1.29 is 4.74 Å². The van der Waals surface area contributed by atoms with E-state index in [1.54, 1.807) is 11.1 Å². The summed E-state index contributed by atoms with van der Waals surface area (Å²) in [7, 11) is 0. The summed E-state index contributed by atoms with van der Waals surface area (Å²) in [5.41, 5.74) is 4.94. The number of rotatable bonds is 2. The van der Waals surface area contributed by atoms with Gasteiger partial charge < -0.3 is 4.74 Å². The number of benzene rings is 1. The van der Waals surface area contributed by atoms with E-state index in [1.807, 2.05) is 12.4 Å². The van der Waals surface area contributed by atoms with Gasteiger partial charge in [0.05, 0.1) is 11.2 Å². The Morgan fingerprint density at radius 2 is 2.00 bits per heavy atom. The smallest absolute Gasteiger partial charge is 0.0974 e. The first-order valence-corrected chi connectivity index (χ1v) is 13.3. The molecule has 0 amide bonds. The van der Waals surface area contributed by atoms with E-state index < -0.39 is 0 Å². The van der Waals surface area contributed by atoms with Crippen molar-refractivity contribution in [2.24, 2.45) is 11.3 Å². The molecule has 2 bridgehead atoms.